The first kappa shape index (κ1) is 20.1. The molecule has 0 saturated carbocycles. The van der Waals surface area contributed by atoms with E-state index >= 15 is 0 Å². The van der Waals surface area contributed by atoms with E-state index in [9.17, 15) is 21.6 Å². The molecule has 0 bridgehead atoms. The standard InChI is InChI=1S/C17H18F3N3O2S2/c1-22-7-9-23(10-8-22)27(24,25)15-5-6-16(21-12-15)26-14-4-2-3-13(11-14)17(18,19)20/h2-6,11-12H,7-10H2,1H3. The Hall–Kier alpha value is -1.62. The Kier molecular flexibility index (Phi) is 5.80. The van der Waals surface area contributed by atoms with E-state index in [2.05, 4.69) is 9.88 Å². The smallest absolute Gasteiger partial charge is 0.304 e. The number of hydrogen-bond acceptors (Lipinski definition) is 5. The van der Waals surface area contributed by atoms with Gasteiger partial charge in [-0.2, -0.15) is 17.5 Å². The van der Waals surface area contributed by atoms with Gasteiger partial charge in [-0.05, 0) is 37.4 Å². The summed E-state index contributed by atoms with van der Waals surface area (Å²) < 4.78 is 65.1. The molecule has 1 aliphatic heterocycles. The Morgan fingerprint density at radius 1 is 1.07 bits per heavy atom. The number of piperazine rings is 1. The normalized spacial score (nSPS) is 17.2. The molecule has 1 aromatic carbocycles. The van der Waals surface area contributed by atoms with Crippen LogP contribution in [-0.4, -0.2) is 55.8 Å². The third-order valence-corrected chi connectivity index (χ3v) is 7.02. The number of hydrogen-bond donors (Lipinski definition) is 0. The van der Waals surface area contributed by atoms with Crippen molar-refractivity contribution in [1.29, 1.82) is 0 Å². The fourth-order valence-corrected chi connectivity index (χ4v) is 4.80. The van der Waals surface area contributed by atoms with Gasteiger partial charge in [0.05, 0.1) is 5.56 Å². The van der Waals surface area contributed by atoms with Crippen molar-refractivity contribution in [3.05, 3.63) is 48.2 Å². The van der Waals surface area contributed by atoms with Crippen LogP contribution in [0.4, 0.5) is 13.2 Å². The van der Waals surface area contributed by atoms with Gasteiger partial charge in [0.25, 0.3) is 0 Å². The van der Waals surface area contributed by atoms with Gasteiger partial charge in [0.15, 0.2) is 0 Å². The van der Waals surface area contributed by atoms with Gasteiger partial charge >= 0.3 is 6.18 Å². The van der Waals surface area contributed by atoms with Crippen LogP contribution in [0.2, 0.25) is 0 Å². The van der Waals surface area contributed by atoms with Crippen molar-refractivity contribution in [2.24, 2.45) is 0 Å². The van der Waals surface area contributed by atoms with Gasteiger partial charge in [-0.25, -0.2) is 13.4 Å². The van der Waals surface area contributed by atoms with E-state index in [1.165, 1.54) is 28.7 Å². The molecule has 1 aliphatic rings. The molecule has 1 aromatic heterocycles. The molecule has 0 N–H and O–H groups in total. The summed E-state index contributed by atoms with van der Waals surface area (Å²) >= 11 is 1.05. The number of sulfonamides is 1. The fourth-order valence-electron chi connectivity index (χ4n) is 2.61. The molecule has 0 radical (unpaired) electrons. The lowest BCUT2D eigenvalue weighted by molar-refractivity contribution is -0.137. The minimum Gasteiger partial charge on any atom is -0.304 e. The molecule has 0 aliphatic carbocycles. The second-order valence-corrected chi connectivity index (χ2v) is 9.20. The maximum absolute atomic E-state index is 12.8. The number of likely N-dealkylation sites (N-methyl/N-ethyl adjacent to an activating group) is 1. The SMILES string of the molecule is CN1CCN(S(=O)(=O)c2ccc(Sc3cccc(C(F)(F)F)c3)nc2)CC1. The second-order valence-electron chi connectivity index (χ2n) is 6.17. The molecule has 1 fully saturated rings. The number of aromatic nitrogens is 1. The lowest BCUT2D eigenvalue weighted by atomic mass is 10.2. The molecule has 1 saturated heterocycles. The molecule has 0 atom stereocenters. The summed E-state index contributed by atoms with van der Waals surface area (Å²) in [6.45, 7) is 2.16. The minimum atomic E-state index is -4.41. The van der Waals surface area contributed by atoms with Gasteiger partial charge in [0.2, 0.25) is 10.0 Å². The zero-order valence-electron chi connectivity index (χ0n) is 14.5. The molecule has 5 nitrogen and oxygen atoms in total. The zero-order valence-corrected chi connectivity index (χ0v) is 16.1. The topological polar surface area (TPSA) is 53.5 Å². The molecule has 10 heteroatoms. The molecule has 0 amide bonds. The van der Waals surface area contributed by atoms with Crippen LogP contribution in [0.15, 0.2) is 57.4 Å². The summed E-state index contributed by atoms with van der Waals surface area (Å²) in [6.07, 6.45) is -3.16. The summed E-state index contributed by atoms with van der Waals surface area (Å²) in [5, 5.41) is 0.423. The number of halogens is 3. The summed E-state index contributed by atoms with van der Waals surface area (Å²) in [5.74, 6) is 0. The van der Waals surface area contributed by atoms with Gasteiger partial charge in [-0.3, -0.25) is 0 Å². The first-order chi connectivity index (χ1) is 12.7. The molecular formula is C17H18F3N3O2S2. The van der Waals surface area contributed by atoms with Crippen molar-refractivity contribution in [3.63, 3.8) is 0 Å². The number of benzene rings is 1. The van der Waals surface area contributed by atoms with Crippen molar-refractivity contribution < 1.29 is 21.6 Å². The molecule has 0 unspecified atom stereocenters. The van der Waals surface area contributed by atoms with Crippen molar-refractivity contribution in [2.75, 3.05) is 33.2 Å². The van der Waals surface area contributed by atoms with Crippen LogP contribution in [0, 0.1) is 0 Å². The zero-order chi connectivity index (χ0) is 19.7. The molecule has 3 rings (SSSR count). The Balaban J connectivity index is 1.74. The lowest BCUT2D eigenvalue weighted by Gasteiger charge is -2.31. The highest BCUT2D eigenvalue weighted by Gasteiger charge is 2.30. The van der Waals surface area contributed by atoms with E-state index in [0.717, 1.165) is 23.9 Å². The first-order valence-corrected chi connectivity index (χ1v) is 10.4. The van der Waals surface area contributed by atoms with E-state index < -0.39 is 21.8 Å². The number of pyridine rings is 1. The van der Waals surface area contributed by atoms with Crippen molar-refractivity contribution in [3.8, 4) is 0 Å². The van der Waals surface area contributed by atoms with Crippen LogP contribution in [0.1, 0.15) is 5.56 Å². The molecule has 146 valence electrons. The third-order valence-electron chi connectivity index (χ3n) is 4.19. The summed E-state index contributed by atoms with van der Waals surface area (Å²) in [6, 6.07) is 7.88. The molecule has 0 spiro atoms. The largest absolute Gasteiger partial charge is 0.416 e. The highest BCUT2D eigenvalue weighted by Crippen LogP contribution is 2.34. The maximum Gasteiger partial charge on any atom is 0.416 e. The highest BCUT2D eigenvalue weighted by molar-refractivity contribution is 7.99. The quantitative estimate of drug-likeness (QED) is 0.765. The Labute approximate surface area is 160 Å². The average Bonchev–Trinajstić information content (AvgIpc) is 2.62. The van der Waals surface area contributed by atoms with Gasteiger partial charge < -0.3 is 4.90 Å². The van der Waals surface area contributed by atoms with Gasteiger partial charge in [0, 0.05) is 37.3 Å². The number of nitrogens with zero attached hydrogens (tertiary/aromatic N) is 3. The van der Waals surface area contributed by atoms with Gasteiger partial charge in [-0.15, -0.1) is 0 Å². The predicted octanol–water partition coefficient (Wildman–Crippen LogP) is 3.19. The van der Waals surface area contributed by atoms with E-state index in [-0.39, 0.29) is 4.90 Å². The van der Waals surface area contributed by atoms with E-state index in [1.54, 1.807) is 6.07 Å². The maximum atomic E-state index is 12.8. The number of alkyl halides is 3. The van der Waals surface area contributed by atoms with Crippen LogP contribution in [0.5, 0.6) is 0 Å². The van der Waals surface area contributed by atoms with Crippen molar-refractivity contribution in [2.45, 2.75) is 21.0 Å². The van der Waals surface area contributed by atoms with E-state index in [1.807, 2.05) is 7.05 Å². The summed E-state index contributed by atoms with van der Waals surface area (Å²) in [5.41, 5.74) is -0.734. The number of rotatable bonds is 4. The van der Waals surface area contributed by atoms with Crippen LogP contribution in [0.3, 0.4) is 0 Å². The fraction of sp³-hybridized carbons (Fsp3) is 0.353. The summed E-state index contributed by atoms with van der Waals surface area (Å²) in [4.78, 5) is 6.63. The lowest BCUT2D eigenvalue weighted by Crippen LogP contribution is -2.47. The summed E-state index contributed by atoms with van der Waals surface area (Å²) in [7, 11) is -1.68. The minimum absolute atomic E-state index is 0.0837. The average molecular weight is 417 g/mol. The second kappa shape index (κ2) is 7.78. The van der Waals surface area contributed by atoms with Gasteiger partial charge in [-0.1, -0.05) is 17.8 Å². The van der Waals surface area contributed by atoms with Crippen LogP contribution in [-0.2, 0) is 16.2 Å². The van der Waals surface area contributed by atoms with Crippen molar-refractivity contribution in [1.82, 2.24) is 14.2 Å². The van der Waals surface area contributed by atoms with E-state index in [0.29, 0.717) is 36.1 Å². The highest BCUT2D eigenvalue weighted by atomic mass is 32.2. The third kappa shape index (κ3) is 4.81. The van der Waals surface area contributed by atoms with Crippen molar-refractivity contribution >= 4 is 21.8 Å². The Bertz CT molecular complexity index is 894. The molecular weight excluding hydrogens is 399 g/mol. The van der Waals surface area contributed by atoms with Crippen LogP contribution < -0.4 is 0 Å². The van der Waals surface area contributed by atoms with Crippen LogP contribution >= 0.6 is 11.8 Å². The molecule has 2 aromatic rings. The molecule has 27 heavy (non-hydrogen) atoms. The monoisotopic (exact) mass is 417 g/mol. The predicted molar refractivity (Wildman–Crippen MR) is 96.1 cm³/mol. The molecule has 2 heterocycles. The Morgan fingerprint density at radius 3 is 2.37 bits per heavy atom. The van der Waals surface area contributed by atoms with Crippen LogP contribution in [0.25, 0.3) is 0 Å². The van der Waals surface area contributed by atoms with E-state index in [4.69, 9.17) is 0 Å². The first-order valence-electron chi connectivity index (χ1n) is 8.16. The van der Waals surface area contributed by atoms with Gasteiger partial charge in [0.1, 0.15) is 9.92 Å². The Morgan fingerprint density at radius 2 is 1.78 bits per heavy atom.